The number of thiophene rings is 1. The summed E-state index contributed by atoms with van der Waals surface area (Å²) in [6.45, 7) is 7.50. The van der Waals surface area contributed by atoms with Gasteiger partial charge in [0.05, 0.1) is 6.54 Å². The molecule has 2 saturated heterocycles. The van der Waals surface area contributed by atoms with Crippen molar-refractivity contribution < 1.29 is 13.2 Å². The van der Waals surface area contributed by atoms with Gasteiger partial charge in [-0.1, -0.05) is 6.42 Å². The molecule has 0 spiro atoms. The van der Waals surface area contributed by atoms with Crippen molar-refractivity contribution in [2.24, 2.45) is 5.92 Å². The van der Waals surface area contributed by atoms with Crippen LogP contribution in [0.2, 0.25) is 0 Å². The maximum atomic E-state index is 13.1. The molecule has 3 heterocycles. The number of sulfonamides is 1. The number of rotatable bonds is 6. The lowest BCUT2D eigenvalue weighted by atomic mass is 9.96. The summed E-state index contributed by atoms with van der Waals surface area (Å²) in [5, 5.41) is 2.72. The highest BCUT2D eigenvalue weighted by molar-refractivity contribution is 7.91. The first kappa shape index (κ1) is 20.8. The SMILES string of the molecule is CC(=O)NCc1ccc(S(=O)(=O)N2CCCC(CN3CCCCC3C)C2)s1. The average Bonchev–Trinajstić information content (AvgIpc) is 3.12. The van der Waals surface area contributed by atoms with E-state index in [1.807, 2.05) is 0 Å². The molecule has 8 heteroatoms. The number of hydrogen-bond acceptors (Lipinski definition) is 5. The molecule has 1 aromatic heterocycles. The second-order valence-corrected chi connectivity index (χ2v) is 11.2. The highest BCUT2D eigenvalue weighted by Crippen LogP contribution is 2.29. The van der Waals surface area contributed by atoms with Gasteiger partial charge in [0, 0.05) is 37.5 Å². The smallest absolute Gasteiger partial charge is 0.252 e. The van der Waals surface area contributed by atoms with Crippen molar-refractivity contribution in [3.63, 3.8) is 0 Å². The Balaban J connectivity index is 1.63. The third kappa shape index (κ3) is 5.31. The quantitative estimate of drug-likeness (QED) is 0.778. The summed E-state index contributed by atoms with van der Waals surface area (Å²) < 4.78 is 28.2. The van der Waals surface area contributed by atoms with E-state index in [2.05, 4.69) is 17.1 Å². The van der Waals surface area contributed by atoms with E-state index in [1.54, 1.807) is 16.4 Å². The van der Waals surface area contributed by atoms with E-state index in [4.69, 9.17) is 0 Å². The van der Waals surface area contributed by atoms with Gasteiger partial charge in [0.1, 0.15) is 4.21 Å². The van der Waals surface area contributed by atoms with E-state index in [0.717, 1.165) is 30.8 Å². The molecular weight excluding hydrogens is 382 g/mol. The molecule has 2 aliphatic rings. The fraction of sp³-hybridized carbons (Fsp3) is 0.737. The van der Waals surface area contributed by atoms with Crippen LogP contribution >= 0.6 is 11.3 Å². The predicted molar refractivity (Wildman–Crippen MR) is 108 cm³/mol. The largest absolute Gasteiger partial charge is 0.351 e. The first-order valence-corrected chi connectivity index (χ1v) is 12.2. The van der Waals surface area contributed by atoms with Gasteiger partial charge in [0.2, 0.25) is 5.91 Å². The molecule has 0 bridgehead atoms. The van der Waals surface area contributed by atoms with Gasteiger partial charge in [0.15, 0.2) is 0 Å². The van der Waals surface area contributed by atoms with Crippen LogP contribution in [0.15, 0.2) is 16.3 Å². The average molecular weight is 414 g/mol. The van der Waals surface area contributed by atoms with Crippen LogP contribution in [0.3, 0.4) is 0 Å². The monoisotopic (exact) mass is 413 g/mol. The number of piperidine rings is 2. The van der Waals surface area contributed by atoms with E-state index < -0.39 is 10.0 Å². The summed E-state index contributed by atoms with van der Waals surface area (Å²) in [6.07, 6.45) is 5.85. The maximum Gasteiger partial charge on any atom is 0.252 e. The van der Waals surface area contributed by atoms with Gasteiger partial charge in [-0.3, -0.25) is 4.79 Å². The lowest BCUT2D eigenvalue weighted by molar-refractivity contribution is -0.119. The number of amides is 1. The highest BCUT2D eigenvalue weighted by Gasteiger charge is 2.32. The van der Waals surface area contributed by atoms with Crippen LogP contribution in [0, 0.1) is 5.92 Å². The molecule has 2 aliphatic heterocycles. The maximum absolute atomic E-state index is 13.1. The molecule has 2 fully saturated rings. The molecule has 152 valence electrons. The molecule has 1 N–H and O–H groups in total. The van der Waals surface area contributed by atoms with Crippen LogP contribution in [0.25, 0.3) is 0 Å². The Morgan fingerprint density at radius 1 is 1.22 bits per heavy atom. The first-order valence-electron chi connectivity index (χ1n) is 9.93. The first-order chi connectivity index (χ1) is 12.9. The minimum Gasteiger partial charge on any atom is -0.351 e. The standard InChI is InChI=1S/C19H31N3O3S2/c1-15-6-3-4-10-21(15)13-17-7-5-11-22(14-17)27(24,25)19-9-8-18(26-19)12-20-16(2)23/h8-9,15,17H,3-7,10-14H2,1-2H3,(H,20,23). The second-order valence-electron chi connectivity index (χ2n) is 7.84. The molecule has 0 aromatic carbocycles. The summed E-state index contributed by atoms with van der Waals surface area (Å²) in [5.41, 5.74) is 0. The lowest BCUT2D eigenvalue weighted by Gasteiger charge is -2.39. The topological polar surface area (TPSA) is 69.7 Å². The van der Waals surface area contributed by atoms with Crippen molar-refractivity contribution in [1.82, 2.24) is 14.5 Å². The second kappa shape index (κ2) is 9.03. The molecule has 6 nitrogen and oxygen atoms in total. The van der Waals surface area contributed by atoms with Crippen molar-refractivity contribution in [2.45, 2.75) is 62.7 Å². The van der Waals surface area contributed by atoms with Gasteiger partial charge in [-0.25, -0.2) is 8.42 Å². The van der Waals surface area contributed by atoms with Crippen LogP contribution in [0.1, 0.15) is 50.8 Å². The van der Waals surface area contributed by atoms with Crippen molar-refractivity contribution in [3.8, 4) is 0 Å². The minimum atomic E-state index is -3.45. The van der Waals surface area contributed by atoms with Crippen LogP contribution in [0.5, 0.6) is 0 Å². The van der Waals surface area contributed by atoms with Crippen LogP contribution in [0.4, 0.5) is 0 Å². The molecule has 3 rings (SSSR count). The van der Waals surface area contributed by atoms with Crippen molar-refractivity contribution in [2.75, 3.05) is 26.2 Å². The normalized spacial score (nSPS) is 25.4. The van der Waals surface area contributed by atoms with Gasteiger partial charge < -0.3 is 10.2 Å². The zero-order valence-corrected chi connectivity index (χ0v) is 17.9. The van der Waals surface area contributed by atoms with E-state index >= 15 is 0 Å². The Labute approximate surface area is 167 Å². The summed E-state index contributed by atoms with van der Waals surface area (Å²) in [5.74, 6) is 0.298. The van der Waals surface area contributed by atoms with E-state index in [-0.39, 0.29) is 5.91 Å². The van der Waals surface area contributed by atoms with Gasteiger partial charge in [-0.15, -0.1) is 11.3 Å². The Hall–Kier alpha value is -0.960. The number of hydrogen-bond donors (Lipinski definition) is 1. The van der Waals surface area contributed by atoms with Gasteiger partial charge >= 0.3 is 0 Å². The lowest BCUT2D eigenvalue weighted by Crippen LogP contribution is -2.46. The minimum absolute atomic E-state index is 0.112. The molecule has 0 saturated carbocycles. The molecular formula is C19H31N3O3S2. The van der Waals surface area contributed by atoms with Crippen molar-refractivity contribution >= 4 is 27.3 Å². The molecule has 0 radical (unpaired) electrons. The van der Waals surface area contributed by atoms with Crippen molar-refractivity contribution in [1.29, 1.82) is 0 Å². The predicted octanol–water partition coefficient (Wildman–Crippen LogP) is 2.66. The zero-order valence-electron chi connectivity index (χ0n) is 16.3. The highest BCUT2D eigenvalue weighted by atomic mass is 32.2. The zero-order chi connectivity index (χ0) is 19.4. The fourth-order valence-electron chi connectivity index (χ4n) is 4.09. The molecule has 1 aromatic rings. The number of carbonyl (C=O) groups excluding carboxylic acids is 1. The third-order valence-corrected chi connectivity index (χ3v) is 9.08. The Morgan fingerprint density at radius 3 is 2.78 bits per heavy atom. The summed E-state index contributed by atoms with van der Waals surface area (Å²) in [7, 11) is -3.45. The third-order valence-electron chi connectivity index (χ3n) is 5.66. The van der Waals surface area contributed by atoms with Gasteiger partial charge in [-0.2, -0.15) is 4.31 Å². The fourth-order valence-corrected chi connectivity index (χ4v) is 7.09. The Morgan fingerprint density at radius 2 is 2.04 bits per heavy atom. The molecule has 2 atom stereocenters. The van der Waals surface area contributed by atoms with E-state index in [9.17, 15) is 13.2 Å². The Bertz CT molecular complexity index is 747. The number of carbonyl (C=O) groups is 1. The van der Waals surface area contributed by atoms with Crippen LogP contribution in [-0.2, 0) is 21.4 Å². The van der Waals surface area contributed by atoms with E-state index in [0.29, 0.717) is 35.8 Å². The molecule has 1 amide bonds. The number of nitrogens with zero attached hydrogens (tertiary/aromatic N) is 2. The summed E-state index contributed by atoms with van der Waals surface area (Å²) in [6, 6.07) is 4.08. The number of nitrogens with one attached hydrogen (secondary N) is 1. The Kier molecular flexibility index (Phi) is 6.94. The van der Waals surface area contributed by atoms with E-state index in [1.165, 1.54) is 37.5 Å². The molecule has 2 unspecified atom stereocenters. The molecule has 27 heavy (non-hydrogen) atoms. The molecule has 0 aliphatic carbocycles. The summed E-state index contributed by atoms with van der Waals surface area (Å²) in [4.78, 5) is 14.5. The van der Waals surface area contributed by atoms with Gasteiger partial charge in [-0.05, 0) is 57.2 Å². The van der Waals surface area contributed by atoms with Crippen molar-refractivity contribution in [3.05, 3.63) is 17.0 Å². The van der Waals surface area contributed by atoms with Crippen LogP contribution in [-0.4, -0.2) is 55.8 Å². The summed E-state index contributed by atoms with van der Waals surface area (Å²) >= 11 is 1.26. The number of likely N-dealkylation sites (tertiary alicyclic amines) is 1. The van der Waals surface area contributed by atoms with Gasteiger partial charge in [0.25, 0.3) is 10.0 Å². The van der Waals surface area contributed by atoms with Crippen LogP contribution < -0.4 is 5.32 Å².